The van der Waals surface area contributed by atoms with Gasteiger partial charge < -0.3 is 7.85 Å². The average molecular weight is 98.0 g/mol. The van der Waals surface area contributed by atoms with Crippen molar-refractivity contribution in [1.29, 1.82) is 0 Å². The van der Waals surface area contributed by atoms with Crippen LogP contribution in [0.3, 0.4) is 0 Å². The van der Waals surface area contributed by atoms with Gasteiger partial charge in [0.2, 0.25) is 0 Å². The maximum absolute atomic E-state index is 2.39. The Morgan fingerprint density at radius 3 is 1.50 bits per heavy atom. The monoisotopic (exact) mass is 98.1 g/mol. The van der Waals surface area contributed by atoms with Crippen LogP contribution in [-0.4, -0.2) is 0 Å². The summed E-state index contributed by atoms with van der Waals surface area (Å²) < 4.78 is 0. The van der Waals surface area contributed by atoms with Gasteiger partial charge in [-0.1, -0.05) is 19.3 Å². The van der Waals surface area contributed by atoms with Crippen molar-refractivity contribution in [2.45, 2.75) is 32.1 Å². The molecule has 38 valence electrons. The molecule has 2 heteroatoms. The standard InChI is InChI=1S/C6H11.2Li.H/c1-2-4-6-5-3-1;;;/h1H,2-6H2;;;/q-1;2*+1;-1. The number of hydrogen-bond acceptors (Lipinski definition) is 0. The zero-order chi connectivity index (χ0) is 4.24. The van der Waals surface area contributed by atoms with Gasteiger partial charge in [0.25, 0.3) is 0 Å². The van der Waals surface area contributed by atoms with E-state index in [1.54, 1.807) is 0 Å². The van der Waals surface area contributed by atoms with E-state index in [1.165, 1.54) is 32.1 Å². The minimum absolute atomic E-state index is 0. The van der Waals surface area contributed by atoms with Crippen molar-refractivity contribution < 1.29 is 39.1 Å². The first-order chi connectivity index (χ1) is 3.00. The van der Waals surface area contributed by atoms with Crippen LogP contribution in [0.1, 0.15) is 33.5 Å². The van der Waals surface area contributed by atoms with Crippen LogP contribution in [0.2, 0.25) is 0 Å². The summed E-state index contributed by atoms with van der Waals surface area (Å²) in [6.45, 7) is 0. The summed E-state index contributed by atoms with van der Waals surface area (Å²) in [4.78, 5) is 0. The third kappa shape index (κ3) is 5.33. The third-order valence-electron chi connectivity index (χ3n) is 1.32. The van der Waals surface area contributed by atoms with Crippen LogP contribution in [0.5, 0.6) is 0 Å². The molecule has 0 bridgehead atoms. The minimum atomic E-state index is 0. The molecular formula is C6H12Li2. The topological polar surface area (TPSA) is 0 Å². The predicted octanol–water partition coefficient (Wildman–Crippen LogP) is -3.72. The van der Waals surface area contributed by atoms with Gasteiger partial charge in [0.15, 0.2) is 0 Å². The van der Waals surface area contributed by atoms with Gasteiger partial charge in [0.05, 0.1) is 0 Å². The fraction of sp³-hybridized carbons (Fsp3) is 0.833. The van der Waals surface area contributed by atoms with Crippen LogP contribution in [0, 0.1) is 6.42 Å². The Labute approximate surface area is 77.6 Å². The summed E-state index contributed by atoms with van der Waals surface area (Å²) in [5.74, 6) is 0. The van der Waals surface area contributed by atoms with Crippen LogP contribution < -0.4 is 37.7 Å². The van der Waals surface area contributed by atoms with Crippen molar-refractivity contribution in [3.63, 3.8) is 0 Å². The van der Waals surface area contributed by atoms with Gasteiger partial charge in [-0.05, 0) is 0 Å². The summed E-state index contributed by atoms with van der Waals surface area (Å²) in [5.41, 5.74) is 0. The number of hydrogen-bond donors (Lipinski definition) is 0. The molecule has 0 spiro atoms. The Balaban J connectivity index is -0.000000120. The molecule has 0 aliphatic heterocycles. The van der Waals surface area contributed by atoms with Crippen LogP contribution in [0.25, 0.3) is 0 Å². The normalized spacial score (nSPS) is 18.0. The molecule has 0 aromatic heterocycles. The minimum Gasteiger partial charge on any atom is -1.00 e. The molecule has 0 heterocycles. The van der Waals surface area contributed by atoms with E-state index in [0.717, 1.165) is 0 Å². The van der Waals surface area contributed by atoms with Crippen molar-refractivity contribution >= 4 is 0 Å². The van der Waals surface area contributed by atoms with E-state index in [-0.39, 0.29) is 39.1 Å². The van der Waals surface area contributed by atoms with E-state index in [2.05, 4.69) is 6.42 Å². The van der Waals surface area contributed by atoms with Gasteiger partial charge in [-0.3, -0.25) is 0 Å². The van der Waals surface area contributed by atoms with Crippen molar-refractivity contribution in [2.24, 2.45) is 0 Å². The van der Waals surface area contributed by atoms with Gasteiger partial charge in [0, 0.05) is 0 Å². The van der Waals surface area contributed by atoms with Gasteiger partial charge >= 0.3 is 37.7 Å². The maximum Gasteiger partial charge on any atom is 1.00 e. The van der Waals surface area contributed by atoms with E-state index < -0.39 is 0 Å². The predicted molar refractivity (Wildman–Crippen MR) is 28.5 cm³/mol. The van der Waals surface area contributed by atoms with Crippen LogP contribution in [0.4, 0.5) is 0 Å². The first kappa shape index (κ1) is 11.9. The van der Waals surface area contributed by atoms with Crippen LogP contribution in [-0.2, 0) is 0 Å². The number of rotatable bonds is 0. The molecule has 1 aliphatic rings. The summed E-state index contributed by atoms with van der Waals surface area (Å²) in [5, 5.41) is 0. The molecule has 0 nitrogen and oxygen atoms in total. The van der Waals surface area contributed by atoms with Gasteiger partial charge in [-0.2, -0.15) is 12.8 Å². The van der Waals surface area contributed by atoms with E-state index in [0.29, 0.717) is 0 Å². The molecule has 0 atom stereocenters. The molecule has 1 fully saturated rings. The largest absolute Gasteiger partial charge is 1.00 e. The van der Waals surface area contributed by atoms with Crippen LogP contribution in [0.15, 0.2) is 0 Å². The molecule has 0 radical (unpaired) electrons. The third-order valence-corrected chi connectivity index (χ3v) is 1.32. The Kier molecular flexibility index (Phi) is 12.2. The van der Waals surface area contributed by atoms with Crippen molar-refractivity contribution in [3.05, 3.63) is 6.42 Å². The maximum atomic E-state index is 2.39. The first-order valence-corrected chi connectivity index (χ1v) is 2.82. The second-order valence-corrected chi connectivity index (χ2v) is 1.93. The SMILES string of the molecule is [CH-]1CCCCC1.[H-].[Li+].[Li+]. The average Bonchev–Trinajstić information content (AvgIpc) is 1.72. The Hall–Kier alpha value is 1.19. The molecule has 0 unspecified atom stereocenters. The fourth-order valence-corrected chi connectivity index (χ4v) is 0.898. The van der Waals surface area contributed by atoms with Crippen molar-refractivity contribution in [1.82, 2.24) is 0 Å². The molecule has 0 N–H and O–H groups in total. The zero-order valence-corrected chi connectivity index (χ0v) is 6.11. The second kappa shape index (κ2) is 8.19. The smallest absolute Gasteiger partial charge is 1.00 e. The van der Waals surface area contributed by atoms with Gasteiger partial charge in [-0.25, -0.2) is 0 Å². The quantitative estimate of drug-likeness (QED) is 0.216. The molecule has 1 saturated carbocycles. The molecular weight excluding hydrogens is 85.9 g/mol. The summed E-state index contributed by atoms with van der Waals surface area (Å²) in [7, 11) is 0. The fourth-order valence-electron chi connectivity index (χ4n) is 0.898. The van der Waals surface area contributed by atoms with Gasteiger partial charge in [-0.15, -0.1) is 0 Å². The molecule has 8 heavy (non-hydrogen) atoms. The zero-order valence-electron chi connectivity index (χ0n) is 7.11. The molecule has 1 aliphatic carbocycles. The Bertz CT molecular complexity index is 26.5. The van der Waals surface area contributed by atoms with E-state index >= 15 is 0 Å². The van der Waals surface area contributed by atoms with E-state index in [9.17, 15) is 0 Å². The summed E-state index contributed by atoms with van der Waals surface area (Å²) in [6.07, 6.45) is 9.50. The van der Waals surface area contributed by atoms with Crippen molar-refractivity contribution in [2.75, 3.05) is 0 Å². The Morgan fingerprint density at radius 2 is 1.38 bits per heavy atom. The van der Waals surface area contributed by atoms with Crippen LogP contribution >= 0.6 is 0 Å². The Morgan fingerprint density at radius 1 is 0.875 bits per heavy atom. The molecule has 0 aromatic rings. The summed E-state index contributed by atoms with van der Waals surface area (Å²) >= 11 is 0. The van der Waals surface area contributed by atoms with Gasteiger partial charge in [0.1, 0.15) is 0 Å². The molecule has 0 saturated heterocycles. The molecule has 0 amide bonds. The van der Waals surface area contributed by atoms with E-state index in [1.807, 2.05) is 0 Å². The second-order valence-electron chi connectivity index (χ2n) is 1.93. The van der Waals surface area contributed by atoms with Crippen molar-refractivity contribution in [3.8, 4) is 0 Å². The molecule has 0 aromatic carbocycles. The summed E-state index contributed by atoms with van der Waals surface area (Å²) in [6, 6.07) is 0. The molecule has 1 rings (SSSR count). The van der Waals surface area contributed by atoms with E-state index in [4.69, 9.17) is 0 Å². The first-order valence-electron chi connectivity index (χ1n) is 2.82.